The molecule has 0 aromatic heterocycles. The monoisotopic (exact) mass is 248 g/mol. The number of hydrogen-bond donors (Lipinski definition) is 1. The molecule has 1 atom stereocenters. The number of hydrogen-bond acceptors (Lipinski definition) is 1. The van der Waals surface area contributed by atoms with E-state index >= 15 is 0 Å². The average Bonchev–Trinajstić information content (AvgIpc) is 2.35. The molecule has 1 heteroatoms. The number of rotatable bonds is 7. The highest BCUT2D eigenvalue weighted by molar-refractivity contribution is 5.24. The van der Waals surface area contributed by atoms with Gasteiger partial charge in [-0.1, -0.05) is 64.8 Å². The molecule has 0 heterocycles. The summed E-state index contributed by atoms with van der Waals surface area (Å²) in [7, 11) is 0. The summed E-state index contributed by atoms with van der Waals surface area (Å²) in [6.45, 7) is 8.87. The van der Waals surface area contributed by atoms with E-state index in [9.17, 15) is 5.11 Å². The fourth-order valence-corrected chi connectivity index (χ4v) is 2.42. The van der Waals surface area contributed by atoms with Crippen LogP contribution in [0.4, 0.5) is 0 Å². The maximum Gasteiger partial charge on any atom is 0.0792 e. The Kier molecular flexibility index (Phi) is 6.42. The van der Waals surface area contributed by atoms with Gasteiger partial charge in [0.05, 0.1) is 6.10 Å². The normalized spacial score (nSPS) is 13.3. The highest BCUT2D eigenvalue weighted by Crippen LogP contribution is 2.25. The largest absolute Gasteiger partial charge is 0.388 e. The molecule has 1 unspecified atom stereocenters. The van der Waals surface area contributed by atoms with Crippen molar-refractivity contribution in [2.75, 3.05) is 0 Å². The smallest absolute Gasteiger partial charge is 0.0792 e. The number of benzene rings is 1. The summed E-state index contributed by atoms with van der Waals surface area (Å²) in [5.41, 5.74) is 2.43. The molecular weight excluding hydrogens is 220 g/mol. The van der Waals surface area contributed by atoms with Gasteiger partial charge >= 0.3 is 0 Å². The molecule has 0 amide bonds. The summed E-state index contributed by atoms with van der Waals surface area (Å²) in [5, 5.41) is 10.2. The standard InChI is InChI=1S/C17H28O/c1-5-14(6-2)12-17(18)16-9-7-15(8-10-16)11-13(3)4/h7-10,13-14,17-18H,5-6,11-12H2,1-4H3. The first-order valence-corrected chi connectivity index (χ1v) is 7.33. The molecule has 0 radical (unpaired) electrons. The van der Waals surface area contributed by atoms with Crippen LogP contribution in [0.25, 0.3) is 0 Å². The van der Waals surface area contributed by atoms with E-state index in [2.05, 4.69) is 52.0 Å². The molecule has 0 aliphatic rings. The predicted octanol–water partition coefficient (Wildman–Crippen LogP) is 4.74. The third kappa shape index (κ3) is 4.81. The van der Waals surface area contributed by atoms with Crippen molar-refractivity contribution in [1.82, 2.24) is 0 Å². The van der Waals surface area contributed by atoms with Gasteiger partial charge in [-0.05, 0) is 35.8 Å². The molecule has 0 saturated carbocycles. The summed E-state index contributed by atoms with van der Waals surface area (Å²) in [5.74, 6) is 1.32. The molecule has 1 rings (SSSR count). The van der Waals surface area contributed by atoms with Crippen LogP contribution in [-0.4, -0.2) is 5.11 Å². The van der Waals surface area contributed by atoms with Crippen LogP contribution in [0.15, 0.2) is 24.3 Å². The van der Waals surface area contributed by atoms with E-state index in [1.165, 1.54) is 5.56 Å². The zero-order chi connectivity index (χ0) is 13.5. The molecular formula is C17H28O. The number of aliphatic hydroxyl groups is 1. The van der Waals surface area contributed by atoms with Crippen molar-refractivity contribution in [3.8, 4) is 0 Å². The van der Waals surface area contributed by atoms with Crippen molar-refractivity contribution in [2.45, 2.75) is 59.5 Å². The van der Waals surface area contributed by atoms with Crippen LogP contribution in [0.2, 0.25) is 0 Å². The Morgan fingerprint density at radius 3 is 2.00 bits per heavy atom. The van der Waals surface area contributed by atoms with Gasteiger partial charge in [-0.15, -0.1) is 0 Å². The van der Waals surface area contributed by atoms with Gasteiger partial charge in [-0.3, -0.25) is 0 Å². The Bertz CT molecular complexity index is 322. The Hall–Kier alpha value is -0.820. The lowest BCUT2D eigenvalue weighted by molar-refractivity contribution is 0.141. The van der Waals surface area contributed by atoms with E-state index in [0.717, 1.165) is 31.2 Å². The quantitative estimate of drug-likeness (QED) is 0.738. The first-order chi connectivity index (χ1) is 8.56. The summed E-state index contributed by atoms with van der Waals surface area (Å²) in [4.78, 5) is 0. The molecule has 1 N–H and O–H groups in total. The average molecular weight is 248 g/mol. The zero-order valence-corrected chi connectivity index (χ0v) is 12.3. The molecule has 0 saturated heterocycles. The van der Waals surface area contributed by atoms with Gasteiger partial charge < -0.3 is 5.11 Å². The minimum atomic E-state index is -0.303. The maximum absolute atomic E-state index is 10.2. The van der Waals surface area contributed by atoms with Crippen LogP contribution < -0.4 is 0 Å². The van der Waals surface area contributed by atoms with Crippen LogP contribution in [0.5, 0.6) is 0 Å². The van der Waals surface area contributed by atoms with Crippen molar-refractivity contribution in [1.29, 1.82) is 0 Å². The van der Waals surface area contributed by atoms with Gasteiger partial charge in [-0.25, -0.2) is 0 Å². The first kappa shape index (κ1) is 15.2. The summed E-state index contributed by atoms with van der Waals surface area (Å²) in [6, 6.07) is 8.49. The molecule has 1 aromatic rings. The van der Waals surface area contributed by atoms with Crippen LogP contribution in [-0.2, 0) is 6.42 Å². The van der Waals surface area contributed by atoms with Gasteiger partial charge in [-0.2, -0.15) is 0 Å². The van der Waals surface area contributed by atoms with Crippen LogP contribution in [0, 0.1) is 11.8 Å². The van der Waals surface area contributed by atoms with Crippen LogP contribution in [0.1, 0.15) is 64.2 Å². The van der Waals surface area contributed by atoms with Crippen molar-refractivity contribution in [3.05, 3.63) is 35.4 Å². The Balaban J connectivity index is 2.61. The Morgan fingerprint density at radius 1 is 1.00 bits per heavy atom. The van der Waals surface area contributed by atoms with E-state index in [-0.39, 0.29) is 6.10 Å². The fraction of sp³-hybridized carbons (Fsp3) is 0.647. The predicted molar refractivity (Wildman–Crippen MR) is 78.6 cm³/mol. The van der Waals surface area contributed by atoms with E-state index in [4.69, 9.17) is 0 Å². The highest BCUT2D eigenvalue weighted by atomic mass is 16.3. The molecule has 1 aromatic carbocycles. The van der Waals surface area contributed by atoms with Gasteiger partial charge in [0.15, 0.2) is 0 Å². The van der Waals surface area contributed by atoms with Crippen LogP contribution in [0.3, 0.4) is 0 Å². The van der Waals surface area contributed by atoms with E-state index in [0.29, 0.717) is 11.8 Å². The molecule has 0 aliphatic heterocycles. The third-order valence-corrected chi connectivity index (χ3v) is 3.72. The second-order valence-corrected chi connectivity index (χ2v) is 5.77. The molecule has 18 heavy (non-hydrogen) atoms. The fourth-order valence-electron chi connectivity index (χ4n) is 2.42. The van der Waals surface area contributed by atoms with Crippen molar-refractivity contribution in [3.63, 3.8) is 0 Å². The first-order valence-electron chi connectivity index (χ1n) is 7.33. The zero-order valence-electron chi connectivity index (χ0n) is 12.3. The number of aliphatic hydroxyl groups excluding tert-OH is 1. The summed E-state index contributed by atoms with van der Waals surface area (Å²) >= 11 is 0. The molecule has 0 spiro atoms. The van der Waals surface area contributed by atoms with Crippen molar-refractivity contribution < 1.29 is 5.11 Å². The van der Waals surface area contributed by atoms with Gasteiger partial charge in [0.1, 0.15) is 0 Å². The van der Waals surface area contributed by atoms with E-state index < -0.39 is 0 Å². The molecule has 0 aliphatic carbocycles. The summed E-state index contributed by atoms with van der Waals surface area (Å²) in [6.07, 6.45) is 4.00. The lowest BCUT2D eigenvalue weighted by Gasteiger charge is -2.18. The van der Waals surface area contributed by atoms with Gasteiger partial charge in [0, 0.05) is 0 Å². The second-order valence-electron chi connectivity index (χ2n) is 5.77. The molecule has 102 valence electrons. The van der Waals surface area contributed by atoms with E-state index in [1.54, 1.807) is 0 Å². The van der Waals surface area contributed by atoms with E-state index in [1.807, 2.05) is 0 Å². The second kappa shape index (κ2) is 7.58. The van der Waals surface area contributed by atoms with Crippen molar-refractivity contribution >= 4 is 0 Å². The lowest BCUT2D eigenvalue weighted by Crippen LogP contribution is -2.06. The van der Waals surface area contributed by atoms with Crippen LogP contribution >= 0.6 is 0 Å². The van der Waals surface area contributed by atoms with Gasteiger partial charge in [0.25, 0.3) is 0 Å². The maximum atomic E-state index is 10.2. The molecule has 0 bridgehead atoms. The Labute approximate surface area is 112 Å². The SMILES string of the molecule is CCC(CC)CC(O)c1ccc(CC(C)C)cc1. The minimum Gasteiger partial charge on any atom is -0.388 e. The lowest BCUT2D eigenvalue weighted by atomic mass is 9.92. The third-order valence-electron chi connectivity index (χ3n) is 3.72. The molecule has 1 nitrogen and oxygen atoms in total. The highest BCUT2D eigenvalue weighted by Gasteiger charge is 2.13. The topological polar surface area (TPSA) is 20.2 Å². The molecule has 0 fully saturated rings. The Morgan fingerprint density at radius 2 is 1.56 bits per heavy atom. The van der Waals surface area contributed by atoms with Crippen molar-refractivity contribution in [2.24, 2.45) is 11.8 Å². The summed E-state index contributed by atoms with van der Waals surface area (Å²) < 4.78 is 0. The van der Waals surface area contributed by atoms with Gasteiger partial charge in [0.2, 0.25) is 0 Å². The minimum absolute atomic E-state index is 0.303.